The van der Waals surface area contributed by atoms with Crippen LogP contribution < -0.4 is 5.73 Å². The van der Waals surface area contributed by atoms with Crippen molar-refractivity contribution in [1.29, 1.82) is 0 Å². The van der Waals surface area contributed by atoms with Gasteiger partial charge in [-0.05, 0) is 25.0 Å². The van der Waals surface area contributed by atoms with Gasteiger partial charge in [0.2, 0.25) is 0 Å². The van der Waals surface area contributed by atoms with Gasteiger partial charge < -0.3 is 14.9 Å². The van der Waals surface area contributed by atoms with Gasteiger partial charge in [-0.25, -0.2) is 0 Å². The van der Waals surface area contributed by atoms with Crippen LogP contribution in [0.2, 0.25) is 0 Å². The number of ether oxygens (including phenoxy) is 1. The summed E-state index contributed by atoms with van der Waals surface area (Å²) in [7, 11) is 0. The fourth-order valence-corrected chi connectivity index (χ4v) is 1.98. The second kappa shape index (κ2) is 5.69. The molecule has 2 rings (SSSR count). The number of hydrogen-bond acceptors (Lipinski definition) is 4. The molecule has 0 spiro atoms. The number of para-hydroxylation sites is 1. The lowest BCUT2D eigenvalue weighted by molar-refractivity contribution is -0.147. The van der Waals surface area contributed by atoms with Crippen molar-refractivity contribution in [2.75, 3.05) is 13.2 Å². The molecule has 0 bridgehead atoms. The van der Waals surface area contributed by atoms with Crippen LogP contribution >= 0.6 is 0 Å². The van der Waals surface area contributed by atoms with E-state index < -0.39 is 0 Å². The predicted octanol–water partition coefficient (Wildman–Crippen LogP) is 2.11. The first-order chi connectivity index (χ1) is 8.76. The summed E-state index contributed by atoms with van der Waals surface area (Å²) >= 11 is 0. The third-order valence-electron chi connectivity index (χ3n) is 2.93. The molecule has 1 aromatic carbocycles. The number of fused-ring (bicyclic) bond motifs is 1. The Balaban J connectivity index is 2.19. The Morgan fingerprint density at radius 2 is 2.22 bits per heavy atom. The van der Waals surface area contributed by atoms with Crippen molar-refractivity contribution in [3.8, 4) is 0 Å². The van der Waals surface area contributed by atoms with Gasteiger partial charge in [0.15, 0.2) is 0 Å². The largest absolute Gasteiger partial charge is 0.466 e. The van der Waals surface area contributed by atoms with E-state index in [4.69, 9.17) is 14.9 Å². The standard InChI is InChI=1S/C14H17NO3/c1-2-17-14(16)10(8-15)7-11-9-18-13-6-4-3-5-12(11)13/h3-6,9-10H,2,7-8,15H2,1H3. The highest BCUT2D eigenvalue weighted by molar-refractivity contribution is 5.82. The number of furan rings is 1. The molecule has 0 amide bonds. The predicted molar refractivity (Wildman–Crippen MR) is 69.1 cm³/mol. The molecule has 96 valence electrons. The Hall–Kier alpha value is -1.81. The summed E-state index contributed by atoms with van der Waals surface area (Å²) in [6.45, 7) is 2.44. The maximum atomic E-state index is 11.7. The summed E-state index contributed by atoms with van der Waals surface area (Å²) in [6.07, 6.45) is 2.24. The smallest absolute Gasteiger partial charge is 0.310 e. The van der Waals surface area contributed by atoms with E-state index in [0.29, 0.717) is 13.0 Å². The van der Waals surface area contributed by atoms with Gasteiger partial charge in [0.25, 0.3) is 0 Å². The zero-order valence-corrected chi connectivity index (χ0v) is 10.4. The van der Waals surface area contributed by atoms with E-state index in [1.165, 1.54) is 0 Å². The number of esters is 1. The number of carbonyl (C=O) groups is 1. The van der Waals surface area contributed by atoms with E-state index in [0.717, 1.165) is 16.5 Å². The molecule has 0 saturated carbocycles. The molecule has 1 heterocycles. The minimum absolute atomic E-state index is 0.245. The van der Waals surface area contributed by atoms with Crippen LogP contribution in [-0.4, -0.2) is 19.1 Å². The third-order valence-corrected chi connectivity index (χ3v) is 2.93. The fraction of sp³-hybridized carbons (Fsp3) is 0.357. The zero-order chi connectivity index (χ0) is 13.0. The average Bonchev–Trinajstić information content (AvgIpc) is 2.79. The van der Waals surface area contributed by atoms with Crippen LogP contribution in [-0.2, 0) is 16.0 Å². The van der Waals surface area contributed by atoms with Crippen LogP contribution in [0.15, 0.2) is 34.9 Å². The van der Waals surface area contributed by atoms with Gasteiger partial charge in [-0.3, -0.25) is 4.79 Å². The topological polar surface area (TPSA) is 65.5 Å². The SMILES string of the molecule is CCOC(=O)C(CN)Cc1coc2ccccc12. The fourth-order valence-electron chi connectivity index (χ4n) is 1.98. The molecule has 1 unspecified atom stereocenters. The van der Waals surface area contributed by atoms with E-state index >= 15 is 0 Å². The Morgan fingerprint density at radius 1 is 1.44 bits per heavy atom. The van der Waals surface area contributed by atoms with Crippen LogP contribution in [0.25, 0.3) is 11.0 Å². The van der Waals surface area contributed by atoms with E-state index in [1.807, 2.05) is 24.3 Å². The Labute approximate surface area is 106 Å². The van der Waals surface area contributed by atoms with Crippen molar-refractivity contribution in [2.45, 2.75) is 13.3 Å². The highest BCUT2D eigenvalue weighted by atomic mass is 16.5. The monoisotopic (exact) mass is 247 g/mol. The maximum Gasteiger partial charge on any atom is 0.310 e. The Morgan fingerprint density at radius 3 is 2.94 bits per heavy atom. The van der Waals surface area contributed by atoms with Crippen LogP contribution in [0.3, 0.4) is 0 Å². The molecule has 1 aromatic heterocycles. The van der Waals surface area contributed by atoms with E-state index in [9.17, 15) is 4.79 Å². The van der Waals surface area contributed by atoms with E-state index in [1.54, 1.807) is 13.2 Å². The molecular formula is C14H17NO3. The van der Waals surface area contributed by atoms with Gasteiger partial charge in [0.05, 0.1) is 18.8 Å². The summed E-state index contributed by atoms with van der Waals surface area (Å²) in [6, 6.07) is 7.75. The molecule has 0 saturated heterocycles. The van der Waals surface area contributed by atoms with Gasteiger partial charge in [-0.1, -0.05) is 18.2 Å². The molecule has 0 aliphatic heterocycles. The maximum absolute atomic E-state index is 11.7. The molecule has 2 N–H and O–H groups in total. The van der Waals surface area contributed by atoms with Crippen molar-refractivity contribution < 1.29 is 13.9 Å². The molecule has 4 heteroatoms. The number of hydrogen-bond donors (Lipinski definition) is 1. The summed E-state index contributed by atoms with van der Waals surface area (Å²) in [5.74, 6) is -0.559. The van der Waals surface area contributed by atoms with Gasteiger partial charge in [-0.2, -0.15) is 0 Å². The molecule has 1 atom stereocenters. The van der Waals surface area contributed by atoms with Crippen molar-refractivity contribution >= 4 is 16.9 Å². The normalized spacial score (nSPS) is 12.6. The second-order valence-electron chi connectivity index (χ2n) is 4.15. The van der Waals surface area contributed by atoms with Crippen LogP contribution in [0.1, 0.15) is 12.5 Å². The minimum Gasteiger partial charge on any atom is -0.466 e. The van der Waals surface area contributed by atoms with Gasteiger partial charge in [0, 0.05) is 11.9 Å². The average molecular weight is 247 g/mol. The van der Waals surface area contributed by atoms with Crippen molar-refractivity contribution in [3.63, 3.8) is 0 Å². The van der Waals surface area contributed by atoms with Gasteiger partial charge in [0.1, 0.15) is 5.58 Å². The van der Waals surface area contributed by atoms with Gasteiger partial charge >= 0.3 is 5.97 Å². The van der Waals surface area contributed by atoms with E-state index in [-0.39, 0.29) is 18.4 Å². The Bertz CT molecular complexity index is 533. The second-order valence-corrected chi connectivity index (χ2v) is 4.15. The highest BCUT2D eigenvalue weighted by Gasteiger charge is 2.20. The number of nitrogens with two attached hydrogens (primary N) is 1. The quantitative estimate of drug-likeness (QED) is 0.822. The summed E-state index contributed by atoms with van der Waals surface area (Å²) in [5, 5.41) is 1.03. The molecule has 0 radical (unpaired) electrons. The lowest BCUT2D eigenvalue weighted by atomic mass is 9.99. The molecule has 0 fully saturated rings. The lowest BCUT2D eigenvalue weighted by Gasteiger charge is -2.12. The summed E-state index contributed by atoms with van der Waals surface area (Å²) < 4.78 is 10.4. The lowest BCUT2D eigenvalue weighted by Crippen LogP contribution is -2.27. The van der Waals surface area contributed by atoms with Crippen LogP contribution in [0, 0.1) is 5.92 Å². The third kappa shape index (κ3) is 2.54. The number of carbonyl (C=O) groups excluding carboxylic acids is 1. The van der Waals surface area contributed by atoms with Crippen LogP contribution in [0.4, 0.5) is 0 Å². The number of rotatable bonds is 5. The van der Waals surface area contributed by atoms with Crippen molar-refractivity contribution in [3.05, 3.63) is 36.1 Å². The van der Waals surface area contributed by atoms with Crippen LogP contribution in [0.5, 0.6) is 0 Å². The summed E-state index contributed by atoms with van der Waals surface area (Å²) in [4.78, 5) is 11.7. The molecule has 0 aliphatic rings. The first kappa shape index (κ1) is 12.6. The van der Waals surface area contributed by atoms with Crippen molar-refractivity contribution in [2.24, 2.45) is 11.7 Å². The Kier molecular flexibility index (Phi) is 3.99. The molecule has 2 aromatic rings. The summed E-state index contributed by atoms with van der Waals surface area (Å²) in [5.41, 5.74) is 7.45. The molecule has 0 aliphatic carbocycles. The first-order valence-corrected chi connectivity index (χ1v) is 6.08. The highest BCUT2D eigenvalue weighted by Crippen LogP contribution is 2.23. The molecule has 18 heavy (non-hydrogen) atoms. The molecule has 4 nitrogen and oxygen atoms in total. The number of benzene rings is 1. The van der Waals surface area contributed by atoms with E-state index in [2.05, 4.69) is 0 Å². The van der Waals surface area contributed by atoms with Gasteiger partial charge in [-0.15, -0.1) is 0 Å². The minimum atomic E-state index is -0.314. The molecular weight excluding hydrogens is 230 g/mol. The van der Waals surface area contributed by atoms with Crippen molar-refractivity contribution in [1.82, 2.24) is 0 Å². The first-order valence-electron chi connectivity index (χ1n) is 6.08. The zero-order valence-electron chi connectivity index (χ0n) is 10.4.